The van der Waals surface area contributed by atoms with Crippen LogP contribution in [-0.2, 0) is 4.79 Å². The molecule has 1 N–H and O–H groups in total. The molecule has 0 aromatic rings. The number of nitrogens with zero attached hydrogens (tertiary/aromatic N) is 3. The van der Waals surface area contributed by atoms with Gasteiger partial charge in [0.1, 0.15) is 12.1 Å². The highest BCUT2D eigenvalue weighted by molar-refractivity contribution is 6.56. The van der Waals surface area contributed by atoms with Gasteiger partial charge in [-0.2, -0.15) is 10.1 Å². The van der Waals surface area contributed by atoms with Crippen LogP contribution in [0.1, 0.15) is 33.1 Å². The topological polar surface area (TPSA) is 57.1 Å². The molecule has 0 atom stereocenters. The molecule has 1 fully saturated rings. The van der Waals surface area contributed by atoms with Gasteiger partial charge in [-0.1, -0.05) is 11.6 Å². The minimum Gasteiger partial charge on any atom is -0.367 e. The van der Waals surface area contributed by atoms with Gasteiger partial charge in [-0.25, -0.2) is 4.99 Å². The molecule has 0 aromatic heterocycles. The van der Waals surface area contributed by atoms with Crippen molar-refractivity contribution in [3.8, 4) is 0 Å². The van der Waals surface area contributed by atoms with Gasteiger partial charge in [-0.3, -0.25) is 4.79 Å². The number of carbonyl (C=O) groups excluding carboxylic acids is 1. The van der Waals surface area contributed by atoms with Gasteiger partial charge in [-0.15, -0.1) is 0 Å². The number of carbonyl (C=O) groups is 1. The molecule has 0 bridgehead atoms. The van der Waals surface area contributed by atoms with E-state index in [-0.39, 0.29) is 0 Å². The molecule has 0 aromatic carbocycles. The van der Waals surface area contributed by atoms with Crippen molar-refractivity contribution < 1.29 is 4.79 Å². The SMILES string of the molecule is C/C=C(/NC1CC1)N1N=C(C)CC(C=O)=C1N=CCl. The number of allylic oxidation sites excluding steroid dienone is 2. The molecule has 6 heteroatoms. The van der Waals surface area contributed by atoms with Crippen molar-refractivity contribution >= 4 is 29.3 Å². The fourth-order valence-electron chi connectivity index (χ4n) is 1.89. The molecule has 1 aliphatic carbocycles. The Morgan fingerprint density at radius 2 is 2.32 bits per heavy atom. The Bertz CT molecular complexity index is 489. The second kappa shape index (κ2) is 6.02. The minimum atomic E-state index is 0.483. The zero-order chi connectivity index (χ0) is 13.8. The lowest BCUT2D eigenvalue weighted by atomic mass is 10.1. The number of hydrogen-bond donors (Lipinski definition) is 1. The highest BCUT2D eigenvalue weighted by Gasteiger charge is 2.27. The summed E-state index contributed by atoms with van der Waals surface area (Å²) in [4.78, 5) is 15.3. The van der Waals surface area contributed by atoms with E-state index >= 15 is 0 Å². The predicted molar refractivity (Wildman–Crippen MR) is 76.9 cm³/mol. The highest BCUT2D eigenvalue weighted by atomic mass is 35.5. The number of aliphatic imine (C=N–C) groups is 1. The normalized spacial score (nSPS) is 20.9. The predicted octanol–water partition coefficient (Wildman–Crippen LogP) is 2.36. The van der Waals surface area contributed by atoms with Gasteiger partial charge in [0, 0.05) is 23.7 Å². The monoisotopic (exact) mass is 280 g/mol. The Morgan fingerprint density at radius 1 is 1.58 bits per heavy atom. The van der Waals surface area contributed by atoms with Crippen molar-refractivity contribution in [2.75, 3.05) is 0 Å². The molecule has 0 amide bonds. The fourth-order valence-corrected chi connectivity index (χ4v) is 1.99. The largest absolute Gasteiger partial charge is 0.367 e. The average molecular weight is 281 g/mol. The van der Waals surface area contributed by atoms with E-state index in [9.17, 15) is 4.79 Å². The summed E-state index contributed by atoms with van der Waals surface area (Å²) in [5.74, 6) is 1.31. The molecular weight excluding hydrogens is 264 g/mol. The van der Waals surface area contributed by atoms with Crippen molar-refractivity contribution in [2.24, 2.45) is 10.1 Å². The van der Waals surface area contributed by atoms with Gasteiger partial charge >= 0.3 is 0 Å². The smallest absolute Gasteiger partial charge is 0.163 e. The standard InChI is InChI=1S/C13H17ClN4O/c1-3-12(16-11-4-5-11)18-13(15-8-14)10(7-19)6-9(2)17-18/h3,7-8,11,16H,4-6H2,1-2H3/b12-3-,15-8?. The lowest BCUT2D eigenvalue weighted by Crippen LogP contribution is -2.32. The van der Waals surface area contributed by atoms with Crippen molar-refractivity contribution in [2.45, 2.75) is 39.2 Å². The molecule has 1 saturated carbocycles. The van der Waals surface area contributed by atoms with E-state index in [0.717, 1.165) is 36.3 Å². The summed E-state index contributed by atoms with van der Waals surface area (Å²) in [6.07, 6.45) is 5.56. The van der Waals surface area contributed by atoms with Crippen LogP contribution in [0.2, 0.25) is 0 Å². The Balaban J connectivity index is 2.34. The number of halogens is 1. The average Bonchev–Trinajstić information content (AvgIpc) is 3.21. The molecule has 19 heavy (non-hydrogen) atoms. The Morgan fingerprint density at radius 3 is 2.84 bits per heavy atom. The molecule has 5 nitrogen and oxygen atoms in total. The maximum Gasteiger partial charge on any atom is 0.163 e. The van der Waals surface area contributed by atoms with Crippen molar-refractivity contribution in [3.05, 3.63) is 23.3 Å². The first-order valence-electron chi connectivity index (χ1n) is 6.27. The number of hydrogen-bond acceptors (Lipinski definition) is 5. The van der Waals surface area contributed by atoms with E-state index in [1.165, 1.54) is 0 Å². The van der Waals surface area contributed by atoms with E-state index < -0.39 is 0 Å². The van der Waals surface area contributed by atoms with Crippen LogP contribution in [0.25, 0.3) is 0 Å². The van der Waals surface area contributed by atoms with E-state index in [2.05, 4.69) is 15.4 Å². The molecule has 0 unspecified atom stereocenters. The summed E-state index contributed by atoms with van der Waals surface area (Å²) in [7, 11) is 0. The zero-order valence-electron chi connectivity index (χ0n) is 11.1. The number of rotatable bonds is 5. The lowest BCUT2D eigenvalue weighted by molar-refractivity contribution is -0.105. The maximum atomic E-state index is 11.2. The first-order valence-corrected chi connectivity index (χ1v) is 6.71. The van der Waals surface area contributed by atoms with Crippen molar-refractivity contribution in [1.29, 1.82) is 0 Å². The highest BCUT2D eigenvalue weighted by Crippen LogP contribution is 2.27. The van der Waals surface area contributed by atoms with Crippen LogP contribution < -0.4 is 5.32 Å². The number of nitrogens with one attached hydrogen (secondary N) is 1. The number of aldehydes is 1. The second-order valence-corrected chi connectivity index (χ2v) is 4.80. The Hall–Kier alpha value is -1.62. The fraction of sp³-hybridized carbons (Fsp3) is 0.462. The van der Waals surface area contributed by atoms with E-state index in [1.807, 2.05) is 19.9 Å². The Labute approximate surface area is 117 Å². The Kier molecular flexibility index (Phi) is 4.37. The van der Waals surface area contributed by atoms with Gasteiger partial charge < -0.3 is 5.32 Å². The van der Waals surface area contributed by atoms with Crippen LogP contribution in [0.4, 0.5) is 0 Å². The summed E-state index contributed by atoms with van der Waals surface area (Å²) in [5, 5.41) is 9.49. The summed E-state index contributed by atoms with van der Waals surface area (Å²) >= 11 is 5.57. The van der Waals surface area contributed by atoms with Gasteiger partial charge in [0.15, 0.2) is 5.82 Å². The molecular formula is C13H17ClN4O. The molecule has 1 heterocycles. The molecule has 102 valence electrons. The third-order valence-electron chi connectivity index (χ3n) is 2.95. The first kappa shape index (κ1) is 13.8. The molecule has 0 spiro atoms. The van der Waals surface area contributed by atoms with E-state index in [1.54, 1.807) is 5.01 Å². The number of hydrazone groups is 1. The van der Waals surface area contributed by atoms with Crippen molar-refractivity contribution in [1.82, 2.24) is 10.3 Å². The van der Waals surface area contributed by atoms with Gasteiger partial charge in [0.05, 0.1) is 5.67 Å². The van der Waals surface area contributed by atoms with E-state index in [4.69, 9.17) is 11.6 Å². The maximum absolute atomic E-state index is 11.2. The molecule has 2 aliphatic rings. The lowest BCUT2D eigenvalue weighted by Gasteiger charge is -2.28. The molecule has 1 aliphatic heterocycles. The third-order valence-corrected chi connectivity index (χ3v) is 3.05. The van der Waals surface area contributed by atoms with Crippen LogP contribution in [0.15, 0.2) is 33.4 Å². The first-order chi connectivity index (χ1) is 9.19. The molecule has 0 saturated heterocycles. The van der Waals surface area contributed by atoms with Crippen LogP contribution in [-0.4, -0.2) is 28.7 Å². The van der Waals surface area contributed by atoms with Crippen molar-refractivity contribution in [3.63, 3.8) is 0 Å². The van der Waals surface area contributed by atoms with Crippen LogP contribution in [0.3, 0.4) is 0 Å². The summed E-state index contributed by atoms with van der Waals surface area (Å²) in [6, 6.07) is 0.490. The van der Waals surface area contributed by atoms with Gasteiger partial charge in [-0.05, 0) is 32.8 Å². The second-order valence-electron chi connectivity index (χ2n) is 4.61. The van der Waals surface area contributed by atoms with Gasteiger partial charge in [0.25, 0.3) is 0 Å². The summed E-state index contributed by atoms with van der Waals surface area (Å²) in [5.41, 5.74) is 2.61. The third kappa shape index (κ3) is 3.23. The van der Waals surface area contributed by atoms with E-state index in [0.29, 0.717) is 23.9 Å². The summed E-state index contributed by atoms with van der Waals surface area (Å²) < 4.78 is 0. The molecule has 0 radical (unpaired) electrons. The van der Waals surface area contributed by atoms with Gasteiger partial charge in [0.2, 0.25) is 0 Å². The quantitative estimate of drug-likeness (QED) is 0.621. The zero-order valence-corrected chi connectivity index (χ0v) is 11.8. The molecule has 2 rings (SSSR count). The minimum absolute atomic E-state index is 0.483. The van der Waals surface area contributed by atoms with Crippen LogP contribution >= 0.6 is 11.6 Å². The van der Waals surface area contributed by atoms with Crippen LogP contribution in [0, 0.1) is 0 Å². The summed E-state index contributed by atoms with van der Waals surface area (Å²) in [6.45, 7) is 3.81. The van der Waals surface area contributed by atoms with Crippen LogP contribution in [0.5, 0.6) is 0 Å².